The molecule has 0 spiro atoms. The van der Waals surface area contributed by atoms with Crippen LogP contribution in [-0.4, -0.2) is 22.4 Å². The molecule has 4 aromatic rings. The number of rotatable bonds is 8. The van der Waals surface area contributed by atoms with E-state index in [2.05, 4.69) is 59.8 Å². The van der Waals surface area contributed by atoms with Crippen molar-refractivity contribution < 1.29 is 4.79 Å². The molecule has 0 aliphatic rings. The molecule has 33 heavy (non-hydrogen) atoms. The standard InChI is InChI=1S/C26H27N5OS/c1-3-5-18-9-10-21-22(12-13-28-26(21)30-18)31-23-14-17(2)8-11-24(23)33-20-7-4-6-19(15-20)29-25(32)16-27/h4,6-15H,3,5,16,27H2,1-2H3,(H,29,32)(H,28,30,31). The zero-order valence-electron chi connectivity index (χ0n) is 18.8. The highest BCUT2D eigenvalue weighted by Crippen LogP contribution is 2.37. The van der Waals surface area contributed by atoms with Crippen LogP contribution in [0.2, 0.25) is 0 Å². The van der Waals surface area contributed by atoms with E-state index >= 15 is 0 Å². The monoisotopic (exact) mass is 457 g/mol. The van der Waals surface area contributed by atoms with E-state index in [0.717, 1.165) is 62.0 Å². The third-order valence-corrected chi connectivity index (χ3v) is 6.17. The summed E-state index contributed by atoms with van der Waals surface area (Å²) in [4.78, 5) is 22.9. The van der Waals surface area contributed by atoms with Gasteiger partial charge in [0.25, 0.3) is 0 Å². The number of nitrogens with two attached hydrogens (primary N) is 1. The second-order valence-corrected chi connectivity index (χ2v) is 8.90. The highest BCUT2D eigenvalue weighted by Gasteiger charge is 2.10. The second-order valence-electron chi connectivity index (χ2n) is 7.79. The molecule has 2 aromatic heterocycles. The summed E-state index contributed by atoms with van der Waals surface area (Å²) < 4.78 is 0. The molecular formula is C26H27N5OS. The van der Waals surface area contributed by atoms with Gasteiger partial charge in [-0.1, -0.05) is 37.2 Å². The summed E-state index contributed by atoms with van der Waals surface area (Å²) in [6, 6.07) is 20.2. The van der Waals surface area contributed by atoms with E-state index in [1.54, 1.807) is 18.0 Å². The molecule has 0 saturated heterocycles. The molecule has 7 heteroatoms. The van der Waals surface area contributed by atoms with Crippen LogP contribution in [0.25, 0.3) is 11.0 Å². The fourth-order valence-electron chi connectivity index (χ4n) is 3.52. The SMILES string of the molecule is CCCc1ccc2c(Nc3cc(C)ccc3Sc3cccc(NC(=O)CN)c3)ccnc2n1. The van der Waals surface area contributed by atoms with Crippen molar-refractivity contribution in [3.05, 3.63) is 78.1 Å². The van der Waals surface area contributed by atoms with Crippen molar-refractivity contribution in [3.8, 4) is 0 Å². The van der Waals surface area contributed by atoms with Gasteiger partial charge in [0.2, 0.25) is 5.91 Å². The largest absolute Gasteiger partial charge is 0.354 e. The van der Waals surface area contributed by atoms with Crippen LogP contribution < -0.4 is 16.4 Å². The third kappa shape index (κ3) is 5.69. The zero-order chi connectivity index (χ0) is 23.2. The van der Waals surface area contributed by atoms with Gasteiger partial charge < -0.3 is 16.4 Å². The van der Waals surface area contributed by atoms with Crippen LogP contribution in [0, 0.1) is 6.92 Å². The molecule has 2 aromatic carbocycles. The second kappa shape index (κ2) is 10.5. The van der Waals surface area contributed by atoms with Gasteiger partial charge in [0.15, 0.2) is 5.65 Å². The summed E-state index contributed by atoms with van der Waals surface area (Å²) in [5.74, 6) is -0.213. The molecule has 0 bridgehead atoms. The van der Waals surface area contributed by atoms with Crippen molar-refractivity contribution in [2.75, 3.05) is 17.2 Å². The summed E-state index contributed by atoms with van der Waals surface area (Å²) in [6.45, 7) is 4.18. The van der Waals surface area contributed by atoms with Gasteiger partial charge in [-0.3, -0.25) is 4.79 Å². The first-order chi connectivity index (χ1) is 16.1. The highest BCUT2D eigenvalue weighted by molar-refractivity contribution is 7.99. The fraction of sp³-hybridized carbons (Fsp3) is 0.192. The lowest BCUT2D eigenvalue weighted by atomic mass is 10.1. The Balaban J connectivity index is 1.63. The van der Waals surface area contributed by atoms with Crippen LogP contribution in [0.4, 0.5) is 17.1 Å². The molecule has 0 saturated carbocycles. The minimum Gasteiger partial charge on any atom is -0.354 e. The number of carbonyl (C=O) groups is 1. The third-order valence-electron chi connectivity index (χ3n) is 5.10. The van der Waals surface area contributed by atoms with E-state index in [9.17, 15) is 4.79 Å². The maximum Gasteiger partial charge on any atom is 0.238 e. The molecule has 0 atom stereocenters. The number of hydrogen-bond donors (Lipinski definition) is 3. The Labute approximate surface area is 198 Å². The Kier molecular flexibility index (Phi) is 7.22. The molecule has 4 rings (SSSR count). The quantitative estimate of drug-likeness (QED) is 0.315. The highest BCUT2D eigenvalue weighted by atomic mass is 32.2. The Morgan fingerprint density at radius 2 is 1.94 bits per heavy atom. The number of nitrogens with one attached hydrogen (secondary N) is 2. The van der Waals surface area contributed by atoms with Gasteiger partial charge in [-0.05, 0) is 67.4 Å². The minimum absolute atomic E-state index is 0.0436. The van der Waals surface area contributed by atoms with Crippen molar-refractivity contribution >= 4 is 45.8 Å². The van der Waals surface area contributed by atoms with Gasteiger partial charge in [-0.2, -0.15) is 0 Å². The maximum atomic E-state index is 11.6. The van der Waals surface area contributed by atoms with Gasteiger partial charge in [-0.15, -0.1) is 0 Å². The van der Waals surface area contributed by atoms with Crippen LogP contribution in [0.1, 0.15) is 24.6 Å². The van der Waals surface area contributed by atoms with Gasteiger partial charge in [0.05, 0.1) is 17.9 Å². The zero-order valence-corrected chi connectivity index (χ0v) is 19.6. The Bertz CT molecular complexity index is 1290. The lowest BCUT2D eigenvalue weighted by molar-refractivity contribution is -0.114. The van der Waals surface area contributed by atoms with Crippen LogP contribution in [-0.2, 0) is 11.2 Å². The number of pyridine rings is 2. The van der Waals surface area contributed by atoms with Crippen LogP contribution in [0.3, 0.4) is 0 Å². The smallest absolute Gasteiger partial charge is 0.238 e. The van der Waals surface area contributed by atoms with E-state index in [1.165, 1.54) is 0 Å². The topological polar surface area (TPSA) is 92.9 Å². The number of aryl methyl sites for hydroxylation is 2. The van der Waals surface area contributed by atoms with E-state index in [0.29, 0.717) is 0 Å². The number of nitrogens with zero attached hydrogens (tertiary/aromatic N) is 2. The number of carbonyl (C=O) groups excluding carboxylic acids is 1. The van der Waals surface area contributed by atoms with E-state index < -0.39 is 0 Å². The Hall–Kier alpha value is -3.42. The number of fused-ring (bicyclic) bond motifs is 1. The molecule has 4 N–H and O–H groups in total. The van der Waals surface area contributed by atoms with Gasteiger partial charge >= 0.3 is 0 Å². The van der Waals surface area contributed by atoms with Gasteiger partial charge in [0, 0.05) is 32.8 Å². The van der Waals surface area contributed by atoms with E-state index in [1.807, 2.05) is 30.3 Å². The molecule has 2 heterocycles. The van der Waals surface area contributed by atoms with E-state index in [-0.39, 0.29) is 12.5 Å². The number of anilines is 3. The first kappa shape index (κ1) is 22.8. The van der Waals surface area contributed by atoms with Gasteiger partial charge in [-0.25, -0.2) is 9.97 Å². The van der Waals surface area contributed by atoms with Crippen molar-refractivity contribution in [2.24, 2.45) is 5.73 Å². The molecular weight excluding hydrogens is 430 g/mol. The maximum absolute atomic E-state index is 11.6. The summed E-state index contributed by atoms with van der Waals surface area (Å²) in [5.41, 5.74) is 11.1. The lowest BCUT2D eigenvalue weighted by Crippen LogP contribution is -2.21. The Morgan fingerprint density at radius 1 is 1.06 bits per heavy atom. The average Bonchev–Trinajstić information content (AvgIpc) is 2.81. The van der Waals surface area contributed by atoms with Crippen LogP contribution in [0.15, 0.2) is 76.7 Å². The van der Waals surface area contributed by atoms with Gasteiger partial charge in [0.1, 0.15) is 0 Å². The molecule has 6 nitrogen and oxygen atoms in total. The summed E-state index contributed by atoms with van der Waals surface area (Å²) in [6.07, 6.45) is 3.79. The number of aromatic nitrogens is 2. The van der Waals surface area contributed by atoms with Crippen molar-refractivity contribution in [2.45, 2.75) is 36.5 Å². The summed E-state index contributed by atoms with van der Waals surface area (Å²) in [7, 11) is 0. The predicted octanol–water partition coefficient (Wildman–Crippen LogP) is 5.68. The van der Waals surface area contributed by atoms with Crippen molar-refractivity contribution in [1.82, 2.24) is 9.97 Å². The van der Waals surface area contributed by atoms with Crippen molar-refractivity contribution in [3.63, 3.8) is 0 Å². The molecule has 0 unspecified atom stereocenters. The molecule has 0 aliphatic carbocycles. The minimum atomic E-state index is -0.213. The number of benzene rings is 2. The van der Waals surface area contributed by atoms with E-state index in [4.69, 9.17) is 10.7 Å². The molecule has 1 amide bonds. The molecule has 168 valence electrons. The van der Waals surface area contributed by atoms with Crippen molar-refractivity contribution in [1.29, 1.82) is 0 Å². The van der Waals surface area contributed by atoms with Crippen LogP contribution >= 0.6 is 11.8 Å². The normalized spacial score (nSPS) is 10.9. The first-order valence-corrected chi connectivity index (χ1v) is 11.8. The van der Waals surface area contributed by atoms with Crippen LogP contribution in [0.5, 0.6) is 0 Å². The average molecular weight is 458 g/mol. The fourth-order valence-corrected chi connectivity index (χ4v) is 4.47. The predicted molar refractivity (Wildman–Crippen MR) is 136 cm³/mol. The molecule has 0 aliphatic heterocycles. The Morgan fingerprint density at radius 3 is 2.76 bits per heavy atom. The molecule has 0 radical (unpaired) electrons. The first-order valence-electron chi connectivity index (χ1n) is 11.0. The summed E-state index contributed by atoms with van der Waals surface area (Å²) in [5, 5.41) is 7.39. The summed E-state index contributed by atoms with van der Waals surface area (Å²) >= 11 is 1.63. The number of hydrogen-bond acceptors (Lipinski definition) is 6. The number of amides is 1. The lowest BCUT2D eigenvalue weighted by Gasteiger charge is -2.15. The molecule has 0 fully saturated rings.